The van der Waals surface area contributed by atoms with E-state index in [2.05, 4.69) is 20.4 Å². The predicted molar refractivity (Wildman–Crippen MR) is 76.8 cm³/mol. The van der Waals surface area contributed by atoms with Gasteiger partial charge >= 0.3 is 5.91 Å². The summed E-state index contributed by atoms with van der Waals surface area (Å²) in [5, 5.41) is 24.8. The molecule has 2 aromatic heterocycles. The number of hydrogen-bond donors (Lipinski definition) is 2. The van der Waals surface area contributed by atoms with Crippen molar-refractivity contribution in [3.8, 4) is 5.88 Å². The number of hydrogen-bond acceptors (Lipinski definition) is 4. The minimum absolute atomic E-state index is 0.0361. The van der Waals surface area contributed by atoms with Gasteiger partial charge < -0.3 is 9.67 Å². The molecule has 0 aliphatic rings. The number of rotatable bonds is 2. The van der Waals surface area contributed by atoms with E-state index in [0.29, 0.717) is 0 Å². The average Bonchev–Trinajstić information content (AvgIpc) is 3.02. The number of para-hydroxylation sites is 1. The quantitative estimate of drug-likeness (QED) is 0.708. The molecule has 106 valence electrons. The molecule has 0 saturated heterocycles. The van der Waals surface area contributed by atoms with Gasteiger partial charge in [-0.25, -0.2) is 0 Å². The second-order valence-corrected chi connectivity index (χ2v) is 4.69. The third-order valence-corrected chi connectivity index (χ3v) is 3.22. The third-order valence-electron chi connectivity index (χ3n) is 3.22. The van der Waals surface area contributed by atoms with E-state index in [1.54, 1.807) is 24.6 Å². The van der Waals surface area contributed by atoms with Gasteiger partial charge in [0.1, 0.15) is 0 Å². The molecular formula is C14H13N5O2. The molecule has 1 aromatic carbocycles. The molecule has 2 heterocycles. The van der Waals surface area contributed by atoms with Crippen molar-refractivity contribution in [2.75, 3.05) is 0 Å². The molecule has 1 amide bonds. The summed E-state index contributed by atoms with van der Waals surface area (Å²) >= 11 is 0. The highest BCUT2D eigenvalue weighted by atomic mass is 16.3. The van der Waals surface area contributed by atoms with Crippen LogP contribution in [0.25, 0.3) is 10.9 Å². The monoisotopic (exact) mass is 283 g/mol. The van der Waals surface area contributed by atoms with E-state index in [4.69, 9.17) is 0 Å². The van der Waals surface area contributed by atoms with Crippen molar-refractivity contribution in [2.45, 2.75) is 6.92 Å². The van der Waals surface area contributed by atoms with Crippen molar-refractivity contribution in [1.82, 2.24) is 14.8 Å². The molecule has 0 aliphatic heterocycles. The number of aromatic amines is 1. The lowest BCUT2D eigenvalue weighted by atomic mass is 10.2. The number of nitrogens with zero attached hydrogens (tertiary/aromatic N) is 4. The highest BCUT2D eigenvalue weighted by molar-refractivity contribution is 5.96. The number of aromatic hydroxyl groups is 1. The Balaban J connectivity index is 2.00. The fourth-order valence-electron chi connectivity index (χ4n) is 2.13. The summed E-state index contributed by atoms with van der Waals surface area (Å²) in [7, 11) is 1.72. The Kier molecular flexibility index (Phi) is 3.02. The van der Waals surface area contributed by atoms with Gasteiger partial charge in [-0.15, -0.1) is 10.2 Å². The number of fused-ring (bicyclic) bond motifs is 1. The van der Waals surface area contributed by atoms with Crippen molar-refractivity contribution in [2.24, 2.45) is 17.3 Å². The van der Waals surface area contributed by atoms with E-state index >= 15 is 0 Å². The molecule has 7 heteroatoms. The number of carbonyl (C=O) groups excluding carboxylic acids is 1. The van der Waals surface area contributed by atoms with E-state index in [0.717, 1.165) is 16.6 Å². The zero-order valence-corrected chi connectivity index (χ0v) is 11.5. The summed E-state index contributed by atoms with van der Waals surface area (Å²) in [6.07, 6.45) is 0. The Bertz CT molecular complexity index is 860. The molecule has 0 radical (unpaired) electrons. The smallest absolute Gasteiger partial charge is 0.315 e. The standard InChI is InChI=1S/C14H13N5O2/c1-8-7-10(16-15-8)13(20)18-17-12-9-5-3-4-6-11(9)19(2)14(12)21/h3-7,21H,1-2H3,(H,15,16). The molecule has 0 unspecified atom stereocenters. The lowest BCUT2D eigenvalue weighted by molar-refractivity contribution is 0.0990. The van der Waals surface area contributed by atoms with Gasteiger partial charge in [0.2, 0.25) is 5.88 Å². The van der Waals surface area contributed by atoms with Crippen molar-refractivity contribution in [1.29, 1.82) is 0 Å². The van der Waals surface area contributed by atoms with Crippen LogP contribution in [0.4, 0.5) is 5.69 Å². The Morgan fingerprint density at radius 1 is 1.38 bits per heavy atom. The van der Waals surface area contributed by atoms with Crippen LogP contribution >= 0.6 is 0 Å². The molecule has 0 atom stereocenters. The molecule has 2 N–H and O–H groups in total. The molecular weight excluding hydrogens is 270 g/mol. The van der Waals surface area contributed by atoms with E-state index < -0.39 is 5.91 Å². The van der Waals surface area contributed by atoms with E-state index in [1.165, 1.54) is 0 Å². The van der Waals surface area contributed by atoms with Gasteiger partial charge in [0.05, 0.1) is 5.52 Å². The van der Waals surface area contributed by atoms with Crippen LogP contribution in [0.1, 0.15) is 16.2 Å². The number of aryl methyl sites for hydroxylation is 2. The Morgan fingerprint density at radius 3 is 2.86 bits per heavy atom. The largest absolute Gasteiger partial charge is 0.493 e. The van der Waals surface area contributed by atoms with Crippen LogP contribution in [-0.4, -0.2) is 25.8 Å². The second kappa shape index (κ2) is 4.86. The van der Waals surface area contributed by atoms with Gasteiger partial charge in [-0.2, -0.15) is 5.10 Å². The molecule has 0 saturated carbocycles. The highest BCUT2D eigenvalue weighted by Crippen LogP contribution is 2.37. The molecule has 3 aromatic rings. The normalized spacial score (nSPS) is 11.5. The van der Waals surface area contributed by atoms with Crippen molar-refractivity contribution < 1.29 is 9.90 Å². The first kappa shape index (κ1) is 13.0. The van der Waals surface area contributed by atoms with E-state index in [9.17, 15) is 9.90 Å². The fourth-order valence-corrected chi connectivity index (χ4v) is 2.13. The van der Waals surface area contributed by atoms with E-state index in [1.807, 2.05) is 24.3 Å². The maximum Gasteiger partial charge on any atom is 0.315 e. The van der Waals surface area contributed by atoms with Crippen LogP contribution in [0.15, 0.2) is 40.6 Å². The SMILES string of the molecule is Cc1cc(C(=O)N=Nc2c(O)n(C)c3ccccc23)n[nH]1. The first-order chi connectivity index (χ1) is 10.1. The predicted octanol–water partition coefficient (Wildman–Crippen LogP) is 2.84. The highest BCUT2D eigenvalue weighted by Gasteiger charge is 2.15. The van der Waals surface area contributed by atoms with Gasteiger partial charge in [-0.1, -0.05) is 18.2 Å². The minimum atomic E-state index is -0.563. The van der Waals surface area contributed by atoms with Gasteiger partial charge in [-0.3, -0.25) is 9.89 Å². The lowest BCUT2D eigenvalue weighted by Crippen LogP contribution is -1.93. The number of amides is 1. The Hall–Kier alpha value is -2.96. The lowest BCUT2D eigenvalue weighted by Gasteiger charge is -1.95. The van der Waals surface area contributed by atoms with Crippen LogP contribution in [0.5, 0.6) is 5.88 Å². The molecule has 7 nitrogen and oxygen atoms in total. The van der Waals surface area contributed by atoms with Crippen molar-refractivity contribution >= 4 is 22.5 Å². The van der Waals surface area contributed by atoms with Gasteiger partial charge in [-0.05, 0) is 19.1 Å². The van der Waals surface area contributed by atoms with Gasteiger partial charge in [0, 0.05) is 18.1 Å². The summed E-state index contributed by atoms with van der Waals surface area (Å²) in [5.74, 6) is -0.599. The zero-order valence-electron chi connectivity index (χ0n) is 11.5. The van der Waals surface area contributed by atoms with Crippen molar-refractivity contribution in [3.63, 3.8) is 0 Å². The summed E-state index contributed by atoms with van der Waals surface area (Å²) in [6, 6.07) is 8.95. The number of carbonyl (C=O) groups is 1. The molecule has 3 rings (SSSR count). The Labute approximate surface area is 119 Å². The summed E-state index contributed by atoms with van der Waals surface area (Å²) in [6.45, 7) is 1.79. The topological polar surface area (TPSA) is 95.6 Å². The third kappa shape index (κ3) is 2.18. The summed E-state index contributed by atoms with van der Waals surface area (Å²) in [5.41, 5.74) is 2.04. The minimum Gasteiger partial charge on any atom is -0.493 e. The maximum absolute atomic E-state index is 11.9. The fraction of sp³-hybridized carbons (Fsp3) is 0.143. The molecule has 0 aliphatic carbocycles. The van der Waals surface area contributed by atoms with Gasteiger partial charge in [0.25, 0.3) is 0 Å². The van der Waals surface area contributed by atoms with Crippen LogP contribution in [0.3, 0.4) is 0 Å². The molecule has 0 bridgehead atoms. The maximum atomic E-state index is 11.9. The van der Waals surface area contributed by atoms with Crippen LogP contribution in [0, 0.1) is 6.92 Å². The summed E-state index contributed by atoms with van der Waals surface area (Å²) in [4.78, 5) is 11.9. The zero-order chi connectivity index (χ0) is 15.0. The van der Waals surface area contributed by atoms with E-state index in [-0.39, 0.29) is 17.3 Å². The number of aromatic nitrogens is 3. The van der Waals surface area contributed by atoms with Crippen LogP contribution < -0.4 is 0 Å². The number of nitrogens with one attached hydrogen (secondary N) is 1. The molecule has 0 fully saturated rings. The Morgan fingerprint density at radius 2 is 2.14 bits per heavy atom. The van der Waals surface area contributed by atoms with Crippen LogP contribution in [-0.2, 0) is 7.05 Å². The number of H-pyrrole nitrogens is 1. The van der Waals surface area contributed by atoms with Gasteiger partial charge in [0.15, 0.2) is 11.4 Å². The van der Waals surface area contributed by atoms with Crippen LogP contribution in [0.2, 0.25) is 0 Å². The first-order valence-electron chi connectivity index (χ1n) is 6.32. The average molecular weight is 283 g/mol. The number of benzene rings is 1. The van der Waals surface area contributed by atoms with Crippen molar-refractivity contribution in [3.05, 3.63) is 41.7 Å². The first-order valence-corrected chi connectivity index (χ1v) is 6.32. The summed E-state index contributed by atoms with van der Waals surface area (Å²) < 4.78 is 1.59. The number of azo groups is 1. The second-order valence-electron chi connectivity index (χ2n) is 4.69. The molecule has 21 heavy (non-hydrogen) atoms. The molecule has 0 spiro atoms.